The molecule has 1 aliphatic heterocycles. The van der Waals surface area contributed by atoms with Gasteiger partial charge in [-0.15, -0.1) is 11.3 Å². The van der Waals surface area contributed by atoms with Gasteiger partial charge in [-0.05, 0) is 73.6 Å². The number of likely N-dealkylation sites (tertiary alicyclic amines) is 1. The van der Waals surface area contributed by atoms with E-state index >= 15 is 0 Å². The Morgan fingerprint density at radius 3 is 2.41 bits per heavy atom. The maximum absolute atomic E-state index is 14.1. The molecule has 0 bridgehead atoms. The van der Waals surface area contributed by atoms with Gasteiger partial charge in [0, 0.05) is 43.1 Å². The van der Waals surface area contributed by atoms with Crippen molar-refractivity contribution in [2.75, 3.05) is 31.3 Å². The fourth-order valence-corrected chi connectivity index (χ4v) is 8.25. The molecule has 14 nitrogen and oxygen atoms in total. The van der Waals surface area contributed by atoms with E-state index in [4.69, 9.17) is 15.2 Å². The van der Waals surface area contributed by atoms with Gasteiger partial charge >= 0.3 is 6.18 Å². The van der Waals surface area contributed by atoms with Crippen LogP contribution in [0.25, 0.3) is 21.3 Å². The molecule has 18 heteroatoms. The molecule has 1 fully saturated rings. The van der Waals surface area contributed by atoms with Crippen LogP contribution in [0.3, 0.4) is 0 Å². The molecule has 336 valence electrons. The van der Waals surface area contributed by atoms with Gasteiger partial charge < -0.3 is 41.2 Å². The number of ether oxygens (including phenoxy) is 2. The second-order valence-electron chi connectivity index (χ2n) is 16.8. The summed E-state index contributed by atoms with van der Waals surface area (Å²) in [6.07, 6.45) is -5.17. The van der Waals surface area contributed by atoms with E-state index in [9.17, 15) is 32.7 Å². The zero-order chi connectivity index (χ0) is 45.8. The number of thiazole rings is 1. The van der Waals surface area contributed by atoms with Crippen LogP contribution in [0, 0.1) is 19.3 Å². The first-order valence-corrected chi connectivity index (χ1v) is 21.4. The summed E-state index contributed by atoms with van der Waals surface area (Å²) in [4.78, 5) is 56.8. The lowest BCUT2D eigenvalue weighted by atomic mass is 9.85. The Morgan fingerprint density at radius 1 is 1.03 bits per heavy atom. The van der Waals surface area contributed by atoms with Crippen molar-refractivity contribution >= 4 is 51.5 Å². The number of methoxy groups -OCH3 is 1. The molecule has 1 aliphatic rings. The molecule has 0 spiro atoms. The SMILES string of the molecule is COc1cc2nc(C)nc(N[C@H](C)c3cc(N)cc(C(F)(F)F)c3)c2cc1OCCCC(=O)N[C@H](C(=O)N1C[C@H](O)C[C@H]1C(=O)NCc1ccc(-c2scnc2C)cc1)C(C)(C)C. The topological polar surface area (TPSA) is 194 Å². The van der Waals surface area contributed by atoms with Crippen molar-refractivity contribution in [2.45, 2.75) is 97.8 Å². The minimum atomic E-state index is -4.57. The minimum Gasteiger partial charge on any atom is -0.493 e. The summed E-state index contributed by atoms with van der Waals surface area (Å²) in [5, 5.41) is 20.1. The summed E-state index contributed by atoms with van der Waals surface area (Å²) in [5.41, 5.74) is 9.65. The number of aryl methyl sites for hydroxylation is 2. The number of amides is 3. The molecule has 63 heavy (non-hydrogen) atoms. The van der Waals surface area contributed by atoms with Gasteiger partial charge in [-0.25, -0.2) is 15.0 Å². The number of nitrogen functional groups attached to an aromatic ring is 1. The number of aliphatic hydroxyl groups excluding tert-OH is 1. The zero-order valence-electron chi connectivity index (χ0n) is 36.2. The molecule has 6 rings (SSSR count). The predicted octanol–water partition coefficient (Wildman–Crippen LogP) is 7.12. The van der Waals surface area contributed by atoms with Crippen molar-refractivity contribution in [3.63, 3.8) is 0 Å². The maximum atomic E-state index is 14.1. The van der Waals surface area contributed by atoms with E-state index in [1.807, 2.05) is 52.0 Å². The highest BCUT2D eigenvalue weighted by molar-refractivity contribution is 7.13. The maximum Gasteiger partial charge on any atom is 0.416 e. The van der Waals surface area contributed by atoms with Crippen LogP contribution in [0.15, 0.2) is 60.1 Å². The number of nitrogens with one attached hydrogen (secondary N) is 3. The number of nitrogens with two attached hydrogens (primary N) is 1. The van der Waals surface area contributed by atoms with Gasteiger partial charge in [-0.1, -0.05) is 45.0 Å². The van der Waals surface area contributed by atoms with E-state index in [2.05, 4.69) is 30.9 Å². The smallest absolute Gasteiger partial charge is 0.416 e. The lowest BCUT2D eigenvalue weighted by Crippen LogP contribution is -2.57. The van der Waals surface area contributed by atoms with Crippen LogP contribution in [-0.2, 0) is 27.1 Å². The fraction of sp³-hybridized carbons (Fsp3) is 0.422. The molecule has 5 aromatic rings. The number of alkyl halides is 3. The molecule has 3 amide bonds. The third-order valence-electron chi connectivity index (χ3n) is 10.8. The number of hydrogen-bond acceptors (Lipinski definition) is 12. The Balaban J connectivity index is 1.07. The first kappa shape index (κ1) is 46.5. The van der Waals surface area contributed by atoms with Gasteiger partial charge in [0.1, 0.15) is 23.7 Å². The molecule has 3 aromatic carbocycles. The average molecular weight is 891 g/mol. The Morgan fingerprint density at radius 2 is 1.76 bits per heavy atom. The highest BCUT2D eigenvalue weighted by Gasteiger charge is 2.44. The Bertz CT molecular complexity index is 2460. The van der Waals surface area contributed by atoms with Gasteiger partial charge in [0.25, 0.3) is 0 Å². The number of hydrogen-bond donors (Lipinski definition) is 5. The summed E-state index contributed by atoms with van der Waals surface area (Å²) in [6.45, 7) is 11.0. The quantitative estimate of drug-likeness (QED) is 0.0531. The highest BCUT2D eigenvalue weighted by Crippen LogP contribution is 2.37. The number of carbonyl (C=O) groups is 3. The summed E-state index contributed by atoms with van der Waals surface area (Å²) in [5.74, 6) is 0.163. The molecular formula is C45H53F3N8O6S. The minimum absolute atomic E-state index is 0.00357. The molecule has 0 unspecified atom stereocenters. The number of aromatic nitrogens is 3. The molecule has 0 saturated carbocycles. The van der Waals surface area contributed by atoms with E-state index in [1.165, 1.54) is 18.1 Å². The normalized spacial score (nSPS) is 16.4. The number of fused-ring (bicyclic) bond motifs is 1. The second-order valence-corrected chi connectivity index (χ2v) is 17.6. The first-order chi connectivity index (χ1) is 29.7. The van der Waals surface area contributed by atoms with E-state index in [0.717, 1.165) is 33.8 Å². The summed E-state index contributed by atoms with van der Waals surface area (Å²) in [7, 11) is 1.47. The van der Waals surface area contributed by atoms with Gasteiger partial charge in [0.2, 0.25) is 17.7 Å². The molecule has 0 aliphatic carbocycles. The fourth-order valence-electron chi connectivity index (χ4n) is 7.44. The van der Waals surface area contributed by atoms with Crippen molar-refractivity contribution in [2.24, 2.45) is 5.41 Å². The van der Waals surface area contributed by atoms with E-state index in [0.29, 0.717) is 39.6 Å². The van der Waals surface area contributed by atoms with Crippen LogP contribution >= 0.6 is 11.3 Å². The molecule has 6 N–H and O–H groups in total. The summed E-state index contributed by atoms with van der Waals surface area (Å²) < 4.78 is 52.3. The largest absolute Gasteiger partial charge is 0.493 e. The second kappa shape index (κ2) is 19.2. The van der Waals surface area contributed by atoms with Crippen molar-refractivity contribution < 1.29 is 42.1 Å². The number of anilines is 2. The van der Waals surface area contributed by atoms with Crippen LogP contribution < -0.4 is 31.2 Å². The lowest BCUT2D eigenvalue weighted by Gasteiger charge is -2.35. The molecule has 0 radical (unpaired) electrons. The number of rotatable bonds is 15. The van der Waals surface area contributed by atoms with Crippen LogP contribution in [0.5, 0.6) is 11.5 Å². The van der Waals surface area contributed by atoms with Crippen molar-refractivity contribution in [1.29, 1.82) is 0 Å². The Kier molecular flexibility index (Phi) is 14.1. The third-order valence-corrected chi connectivity index (χ3v) is 11.7. The molecular weight excluding hydrogens is 838 g/mol. The number of halogens is 3. The number of nitrogens with zero attached hydrogens (tertiary/aromatic N) is 4. The van der Waals surface area contributed by atoms with E-state index in [-0.39, 0.29) is 44.6 Å². The summed E-state index contributed by atoms with van der Waals surface area (Å²) in [6, 6.07) is 12.0. The Hall–Kier alpha value is -6.01. The predicted molar refractivity (Wildman–Crippen MR) is 235 cm³/mol. The van der Waals surface area contributed by atoms with Gasteiger partial charge in [-0.3, -0.25) is 14.4 Å². The zero-order valence-corrected chi connectivity index (χ0v) is 37.0. The lowest BCUT2D eigenvalue weighted by molar-refractivity contribution is -0.144. The Labute approximate surface area is 367 Å². The van der Waals surface area contributed by atoms with Crippen LogP contribution in [0.4, 0.5) is 24.7 Å². The number of benzene rings is 3. The highest BCUT2D eigenvalue weighted by atomic mass is 32.1. The van der Waals surface area contributed by atoms with Gasteiger partial charge in [0.15, 0.2) is 11.5 Å². The number of carbonyl (C=O) groups excluding carboxylic acids is 3. The van der Waals surface area contributed by atoms with Crippen LogP contribution in [-0.4, -0.2) is 81.1 Å². The molecule has 4 atom stereocenters. The standard InChI is InChI=1S/C45H53F3N8O6S/c1-24(29-15-30(45(46,47)48)17-31(49)16-29)52-41-33-19-37(36(61-7)20-34(33)53-26(3)54-41)62-14-8-9-38(58)55-40(44(4,5)6)43(60)56-22-32(57)18-35(56)42(59)50-21-27-10-12-28(13-11-27)39-25(2)51-23-63-39/h10-13,15-17,19-20,23-24,32,35,40,57H,8-9,14,18,21-22,49H2,1-7H3,(H,50,59)(H,55,58)(H,52,53,54)/t24-,32-,35+,40-/m1/s1. The van der Waals surface area contributed by atoms with Crippen LogP contribution in [0.1, 0.15) is 81.2 Å². The molecule has 1 saturated heterocycles. The average Bonchev–Trinajstić information content (AvgIpc) is 3.84. The van der Waals surface area contributed by atoms with E-state index in [1.54, 1.807) is 42.8 Å². The van der Waals surface area contributed by atoms with Crippen molar-refractivity contribution in [1.82, 2.24) is 30.5 Å². The third kappa shape index (κ3) is 11.3. The molecule has 2 aromatic heterocycles. The first-order valence-electron chi connectivity index (χ1n) is 20.5. The number of aliphatic hydroxyl groups is 1. The van der Waals surface area contributed by atoms with E-state index < -0.39 is 59.1 Å². The molecule has 3 heterocycles. The monoisotopic (exact) mass is 890 g/mol. The van der Waals surface area contributed by atoms with Crippen molar-refractivity contribution in [3.8, 4) is 21.9 Å². The number of β-amino-alcohol motifs (C(OH)–C–C–N with tert-alkyl or cyclic N) is 1. The van der Waals surface area contributed by atoms with Gasteiger partial charge in [-0.2, -0.15) is 13.2 Å². The van der Waals surface area contributed by atoms with Crippen LogP contribution in [0.2, 0.25) is 0 Å². The summed E-state index contributed by atoms with van der Waals surface area (Å²) >= 11 is 1.56. The van der Waals surface area contributed by atoms with Crippen molar-refractivity contribution in [3.05, 3.63) is 88.3 Å². The van der Waals surface area contributed by atoms with Gasteiger partial charge in [0.05, 0.1) is 53.0 Å².